The van der Waals surface area contributed by atoms with Crippen molar-refractivity contribution in [3.63, 3.8) is 0 Å². The molecule has 0 rings (SSSR count). The van der Waals surface area contributed by atoms with Crippen LogP contribution in [0.25, 0.3) is 0 Å². The molecule has 0 aromatic carbocycles. The Labute approximate surface area is 49.8 Å². The van der Waals surface area contributed by atoms with E-state index in [1.807, 2.05) is 13.8 Å². The molecular formula is C6H12O2. The summed E-state index contributed by atoms with van der Waals surface area (Å²) in [6, 6.07) is 0. The van der Waals surface area contributed by atoms with E-state index in [0.29, 0.717) is 0 Å². The minimum absolute atomic E-state index is 0.0486. The first-order chi connectivity index (χ1) is 3.72. The van der Waals surface area contributed by atoms with Gasteiger partial charge in [-0.15, -0.1) is 0 Å². The van der Waals surface area contributed by atoms with Gasteiger partial charge in [0, 0.05) is 5.57 Å². The van der Waals surface area contributed by atoms with Gasteiger partial charge >= 0.3 is 0 Å². The summed E-state index contributed by atoms with van der Waals surface area (Å²) in [5.74, 6) is 0.0486. The van der Waals surface area contributed by atoms with Gasteiger partial charge < -0.3 is 9.84 Å². The topological polar surface area (TPSA) is 29.5 Å². The first-order valence-electron chi connectivity index (χ1n) is 2.65. The number of aliphatic hydroxyl groups excluding tert-OH is 1. The molecule has 0 aromatic heterocycles. The maximum absolute atomic E-state index is 8.78. The molecule has 2 nitrogen and oxygen atoms in total. The van der Waals surface area contributed by atoms with E-state index in [0.717, 1.165) is 12.0 Å². The largest absolute Gasteiger partial charge is 0.481 e. The molecule has 0 saturated carbocycles. The number of allylic oxidation sites excluding steroid dienone is 1. The van der Waals surface area contributed by atoms with E-state index in [9.17, 15) is 0 Å². The Hall–Kier alpha value is -0.660. The molecule has 2 heteroatoms. The van der Waals surface area contributed by atoms with Crippen molar-refractivity contribution in [3.8, 4) is 0 Å². The van der Waals surface area contributed by atoms with Crippen molar-refractivity contribution in [1.82, 2.24) is 0 Å². The van der Waals surface area contributed by atoms with Crippen molar-refractivity contribution in [2.24, 2.45) is 0 Å². The van der Waals surface area contributed by atoms with Crippen LogP contribution in [0.3, 0.4) is 0 Å². The molecule has 8 heavy (non-hydrogen) atoms. The molecule has 48 valence electrons. The minimum Gasteiger partial charge on any atom is -0.481 e. The van der Waals surface area contributed by atoms with Crippen LogP contribution in [0, 0.1) is 0 Å². The molecule has 0 aromatic rings. The highest BCUT2D eigenvalue weighted by atomic mass is 16.6. The lowest BCUT2D eigenvalue weighted by atomic mass is 10.2. The number of aliphatic hydroxyl groups is 1. The third-order valence-electron chi connectivity index (χ3n) is 1.09. The Kier molecular flexibility index (Phi) is 3.08. The summed E-state index contributed by atoms with van der Waals surface area (Å²) < 4.78 is 4.54. The smallest absolute Gasteiger partial charge is 0.275 e. The van der Waals surface area contributed by atoms with Crippen molar-refractivity contribution in [3.05, 3.63) is 11.5 Å². The van der Waals surface area contributed by atoms with Gasteiger partial charge in [-0.3, -0.25) is 0 Å². The van der Waals surface area contributed by atoms with Crippen LogP contribution in [0.5, 0.6) is 0 Å². The number of ether oxygens (including phenoxy) is 1. The molecular weight excluding hydrogens is 104 g/mol. The molecule has 0 spiro atoms. The lowest BCUT2D eigenvalue weighted by molar-refractivity contribution is 0.130. The molecule has 0 heterocycles. The van der Waals surface area contributed by atoms with Crippen molar-refractivity contribution in [2.45, 2.75) is 20.3 Å². The molecule has 1 N–H and O–H groups in total. The summed E-state index contributed by atoms with van der Waals surface area (Å²) in [6.07, 6.45) is 0.833. The quantitative estimate of drug-likeness (QED) is 0.558. The molecule has 0 aliphatic carbocycles. The average molecular weight is 116 g/mol. The summed E-state index contributed by atoms with van der Waals surface area (Å²) in [6.45, 7) is 3.80. The fraction of sp³-hybridized carbons (Fsp3) is 0.667. The fourth-order valence-electron chi connectivity index (χ4n) is 0.325. The molecule has 0 atom stereocenters. The summed E-state index contributed by atoms with van der Waals surface area (Å²) >= 11 is 0. The zero-order valence-corrected chi connectivity index (χ0v) is 5.56. The summed E-state index contributed by atoms with van der Waals surface area (Å²) in [5, 5.41) is 8.78. The van der Waals surface area contributed by atoms with Crippen molar-refractivity contribution >= 4 is 0 Å². The average Bonchev–Trinajstić information content (AvgIpc) is 1.84. The van der Waals surface area contributed by atoms with Crippen molar-refractivity contribution in [1.29, 1.82) is 0 Å². The van der Waals surface area contributed by atoms with Crippen LogP contribution in [0.1, 0.15) is 20.3 Å². The minimum atomic E-state index is 0.0486. The predicted octanol–water partition coefficient (Wildman–Crippen LogP) is 1.83. The normalized spacial score (nSPS) is 12.9. The van der Waals surface area contributed by atoms with Crippen molar-refractivity contribution < 1.29 is 9.84 Å². The Balaban J connectivity index is 3.83. The van der Waals surface area contributed by atoms with Gasteiger partial charge in [-0.2, -0.15) is 0 Å². The van der Waals surface area contributed by atoms with Crippen molar-refractivity contribution in [2.75, 3.05) is 7.11 Å². The second-order valence-electron chi connectivity index (χ2n) is 1.64. The van der Waals surface area contributed by atoms with E-state index in [2.05, 4.69) is 4.74 Å². The summed E-state index contributed by atoms with van der Waals surface area (Å²) in [7, 11) is 1.45. The highest BCUT2D eigenvalue weighted by molar-refractivity contribution is 4.96. The number of hydrogen-bond donors (Lipinski definition) is 1. The molecule has 0 unspecified atom stereocenters. The number of hydrogen-bond acceptors (Lipinski definition) is 2. The van der Waals surface area contributed by atoms with E-state index in [-0.39, 0.29) is 5.95 Å². The van der Waals surface area contributed by atoms with E-state index in [1.165, 1.54) is 7.11 Å². The molecule has 0 saturated heterocycles. The highest BCUT2D eigenvalue weighted by Gasteiger charge is 1.93. The van der Waals surface area contributed by atoms with Gasteiger partial charge in [0.25, 0.3) is 5.95 Å². The number of methoxy groups -OCH3 is 1. The first kappa shape index (κ1) is 7.34. The molecule has 0 amide bonds. The Morgan fingerprint density at radius 3 is 2.25 bits per heavy atom. The van der Waals surface area contributed by atoms with E-state index >= 15 is 0 Å². The first-order valence-corrected chi connectivity index (χ1v) is 2.65. The van der Waals surface area contributed by atoms with Crippen LogP contribution in [-0.2, 0) is 4.74 Å². The van der Waals surface area contributed by atoms with Gasteiger partial charge in [0.15, 0.2) is 0 Å². The molecule has 0 bridgehead atoms. The van der Waals surface area contributed by atoms with Gasteiger partial charge in [-0.1, -0.05) is 6.92 Å². The van der Waals surface area contributed by atoms with E-state index < -0.39 is 0 Å². The van der Waals surface area contributed by atoms with Gasteiger partial charge in [0.1, 0.15) is 0 Å². The van der Waals surface area contributed by atoms with E-state index in [4.69, 9.17) is 5.11 Å². The Morgan fingerprint density at radius 1 is 1.62 bits per heavy atom. The summed E-state index contributed by atoms with van der Waals surface area (Å²) in [5.41, 5.74) is 0.882. The lowest BCUT2D eigenvalue weighted by Crippen LogP contribution is -1.87. The van der Waals surface area contributed by atoms with Gasteiger partial charge in [-0.25, -0.2) is 0 Å². The molecule has 0 fully saturated rings. The summed E-state index contributed by atoms with van der Waals surface area (Å²) in [4.78, 5) is 0. The molecule has 0 radical (unpaired) electrons. The predicted molar refractivity (Wildman–Crippen MR) is 32.6 cm³/mol. The SMILES string of the molecule is CCC(C)=C(O)OC. The van der Waals surface area contributed by atoms with Crippen LogP contribution < -0.4 is 0 Å². The third-order valence-corrected chi connectivity index (χ3v) is 1.09. The van der Waals surface area contributed by atoms with E-state index in [1.54, 1.807) is 0 Å². The van der Waals surface area contributed by atoms with Gasteiger partial charge in [0.2, 0.25) is 0 Å². The van der Waals surface area contributed by atoms with Crippen LogP contribution in [0.15, 0.2) is 11.5 Å². The van der Waals surface area contributed by atoms with Crippen LogP contribution >= 0.6 is 0 Å². The third kappa shape index (κ3) is 1.87. The second kappa shape index (κ2) is 3.36. The maximum atomic E-state index is 8.78. The standard InChI is InChI=1S/C6H12O2/c1-4-5(2)6(7)8-3/h7H,4H2,1-3H3. The van der Waals surface area contributed by atoms with Gasteiger partial charge in [-0.05, 0) is 13.3 Å². The maximum Gasteiger partial charge on any atom is 0.275 e. The van der Waals surface area contributed by atoms with Gasteiger partial charge in [0.05, 0.1) is 7.11 Å². The fourth-order valence-corrected chi connectivity index (χ4v) is 0.325. The Morgan fingerprint density at radius 2 is 2.12 bits per heavy atom. The molecule has 0 aliphatic heterocycles. The Bertz CT molecular complexity index is 82.7. The number of rotatable bonds is 2. The van der Waals surface area contributed by atoms with Crippen LogP contribution in [0.2, 0.25) is 0 Å². The van der Waals surface area contributed by atoms with Crippen LogP contribution in [-0.4, -0.2) is 12.2 Å². The highest BCUT2D eigenvalue weighted by Crippen LogP contribution is 2.03. The monoisotopic (exact) mass is 116 g/mol. The zero-order valence-electron chi connectivity index (χ0n) is 5.56. The lowest BCUT2D eigenvalue weighted by Gasteiger charge is -1.99. The molecule has 0 aliphatic rings. The van der Waals surface area contributed by atoms with Crippen LogP contribution in [0.4, 0.5) is 0 Å². The zero-order chi connectivity index (χ0) is 6.57. The second-order valence-corrected chi connectivity index (χ2v) is 1.64.